The average Bonchev–Trinajstić information content (AvgIpc) is 2.50. The minimum Gasteiger partial charge on any atom is -0.480 e. The van der Waals surface area contributed by atoms with Crippen molar-refractivity contribution < 1.29 is 9.90 Å². The highest BCUT2D eigenvalue weighted by molar-refractivity contribution is 5.73. The van der Waals surface area contributed by atoms with Crippen LogP contribution in [-0.2, 0) is 17.6 Å². The summed E-state index contributed by atoms with van der Waals surface area (Å²) in [6.45, 7) is 2.18. The Hall–Kier alpha value is -1.71. The molecule has 0 heterocycles. The second-order valence-electron chi connectivity index (χ2n) is 5.39. The molecule has 0 aliphatic rings. The summed E-state index contributed by atoms with van der Waals surface area (Å²) in [6, 6.07) is 7.50. The maximum atomic E-state index is 10.6. The SMILES string of the molecule is CCc1ccccc1CCCCCCCC(N=O)C(=O)O. The van der Waals surface area contributed by atoms with Crippen molar-refractivity contribution in [3.05, 3.63) is 40.3 Å². The number of rotatable bonds is 11. The number of unbranched alkanes of at least 4 members (excludes halogenated alkanes) is 4. The summed E-state index contributed by atoms with van der Waals surface area (Å²) in [7, 11) is 0. The third-order valence-electron chi connectivity index (χ3n) is 3.84. The Bertz CT molecular complexity index is 445. The fourth-order valence-corrected chi connectivity index (χ4v) is 2.55. The maximum absolute atomic E-state index is 10.6. The lowest BCUT2D eigenvalue weighted by Crippen LogP contribution is -2.16. The van der Waals surface area contributed by atoms with Gasteiger partial charge in [-0.1, -0.05) is 62.0 Å². The summed E-state index contributed by atoms with van der Waals surface area (Å²) in [5, 5.41) is 11.3. The van der Waals surface area contributed by atoms with Crippen LogP contribution in [0.25, 0.3) is 0 Å². The van der Waals surface area contributed by atoms with E-state index in [-0.39, 0.29) is 0 Å². The largest absolute Gasteiger partial charge is 0.480 e. The van der Waals surface area contributed by atoms with Gasteiger partial charge in [-0.15, -0.1) is 4.91 Å². The van der Waals surface area contributed by atoms with Gasteiger partial charge >= 0.3 is 5.97 Å². The number of hydrogen-bond donors (Lipinski definition) is 1. The standard InChI is InChI=1S/C17H25NO3/c1-2-14-10-8-9-12-15(14)11-6-4-3-5-7-13-16(18-21)17(19)20/h8-10,12,16H,2-7,11,13H2,1H3,(H,19,20). The first-order valence-corrected chi connectivity index (χ1v) is 7.81. The summed E-state index contributed by atoms with van der Waals surface area (Å²) < 4.78 is 0. The van der Waals surface area contributed by atoms with Gasteiger partial charge in [0.15, 0.2) is 6.04 Å². The highest BCUT2D eigenvalue weighted by atomic mass is 16.4. The van der Waals surface area contributed by atoms with Crippen LogP contribution in [0.3, 0.4) is 0 Å². The van der Waals surface area contributed by atoms with Crippen LogP contribution in [0.1, 0.15) is 56.6 Å². The number of hydrogen-bond acceptors (Lipinski definition) is 3. The van der Waals surface area contributed by atoms with Crippen LogP contribution in [-0.4, -0.2) is 17.1 Å². The predicted molar refractivity (Wildman–Crippen MR) is 84.4 cm³/mol. The molecule has 0 radical (unpaired) electrons. The number of aryl methyl sites for hydroxylation is 2. The molecule has 0 aliphatic heterocycles. The summed E-state index contributed by atoms with van der Waals surface area (Å²) in [5.74, 6) is -1.11. The number of aliphatic carboxylic acids is 1. The molecule has 1 atom stereocenters. The van der Waals surface area contributed by atoms with Gasteiger partial charge in [-0.25, -0.2) is 4.79 Å². The van der Waals surface area contributed by atoms with Crippen molar-refractivity contribution in [3.63, 3.8) is 0 Å². The van der Waals surface area contributed by atoms with Crippen LogP contribution in [0, 0.1) is 4.91 Å². The Balaban J connectivity index is 2.12. The zero-order chi connectivity index (χ0) is 15.5. The van der Waals surface area contributed by atoms with Crippen molar-refractivity contribution in [2.45, 2.75) is 64.3 Å². The number of benzene rings is 1. The summed E-state index contributed by atoms with van der Waals surface area (Å²) >= 11 is 0. The molecule has 116 valence electrons. The van der Waals surface area contributed by atoms with E-state index in [1.165, 1.54) is 11.1 Å². The van der Waals surface area contributed by atoms with Gasteiger partial charge in [-0.2, -0.15) is 0 Å². The van der Waals surface area contributed by atoms with Gasteiger partial charge in [-0.05, 0) is 36.8 Å². The summed E-state index contributed by atoms with van der Waals surface area (Å²) in [5.41, 5.74) is 2.87. The molecule has 1 N–H and O–H groups in total. The lowest BCUT2D eigenvalue weighted by atomic mass is 9.99. The van der Waals surface area contributed by atoms with Gasteiger partial charge in [-0.3, -0.25) is 0 Å². The molecule has 4 heteroatoms. The van der Waals surface area contributed by atoms with Crippen molar-refractivity contribution in [2.24, 2.45) is 5.18 Å². The van der Waals surface area contributed by atoms with Crippen molar-refractivity contribution >= 4 is 5.97 Å². The normalized spacial score (nSPS) is 12.0. The second-order valence-corrected chi connectivity index (χ2v) is 5.39. The molecule has 21 heavy (non-hydrogen) atoms. The molecule has 0 saturated carbocycles. The second kappa shape index (κ2) is 10.1. The molecule has 0 aliphatic carbocycles. The van der Waals surface area contributed by atoms with E-state index < -0.39 is 12.0 Å². The Labute approximate surface area is 126 Å². The fourth-order valence-electron chi connectivity index (χ4n) is 2.55. The van der Waals surface area contributed by atoms with Crippen LogP contribution in [0.4, 0.5) is 0 Å². The molecule has 4 nitrogen and oxygen atoms in total. The topological polar surface area (TPSA) is 66.7 Å². The summed E-state index contributed by atoms with van der Waals surface area (Å²) in [4.78, 5) is 20.9. The molecule has 1 rings (SSSR count). The Morgan fingerprint density at radius 3 is 2.33 bits per heavy atom. The van der Waals surface area contributed by atoms with Crippen LogP contribution in [0.15, 0.2) is 29.4 Å². The van der Waals surface area contributed by atoms with Crippen molar-refractivity contribution in [3.8, 4) is 0 Å². The summed E-state index contributed by atoms with van der Waals surface area (Å²) in [6.07, 6.45) is 7.65. The van der Waals surface area contributed by atoms with Crippen molar-refractivity contribution in [1.29, 1.82) is 0 Å². The lowest BCUT2D eigenvalue weighted by molar-refractivity contribution is -0.138. The molecule has 1 unspecified atom stereocenters. The first-order valence-electron chi connectivity index (χ1n) is 7.81. The zero-order valence-electron chi connectivity index (χ0n) is 12.8. The first kappa shape index (κ1) is 17.3. The van der Waals surface area contributed by atoms with E-state index in [2.05, 4.69) is 36.4 Å². The Morgan fingerprint density at radius 1 is 1.10 bits per heavy atom. The number of nitroso groups, excluding NO2 is 1. The molecular weight excluding hydrogens is 266 g/mol. The van der Waals surface area contributed by atoms with Crippen molar-refractivity contribution in [1.82, 2.24) is 0 Å². The maximum Gasteiger partial charge on any atom is 0.332 e. The highest BCUT2D eigenvalue weighted by Gasteiger charge is 2.16. The quantitative estimate of drug-likeness (QED) is 0.487. The van der Waals surface area contributed by atoms with Crippen LogP contribution < -0.4 is 0 Å². The molecular formula is C17H25NO3. The van der Waals surface area contributed by atoms with E-state index in [1.54, 1.807) is 0 Å². The predicted octanol–water partition coefficient (Wildman–Crippen LogP) is 4.35. The van der Waals surface area contributed by atoms with E-state index >= 15 is 0 Å². The minimum atomic E-state index is -1.11. The smallest absolute Gasteiger partial charge is 0.332 e. The van der Waals surface area contributed by atoms with Crippen LogP contribution >= 0.6 is 0 Å². The number of carbonyl (C=O) groups is 1. The lowest BCUT2D eigenvalue weighted by Gasteiger charge is -2.07. The van der Waals surface area contributed by atoms with E-state index in [1.807, 2.05) is 0 Å². The number of nitrogens with zero attached hydrogens (tertiary/aromatic N) is 1. The van der Waals surface area contributed by atoms with E-state index in [0.717, 1.165) is 44.9 Å². The molecule has 1 aromatic carbocycles. The third-order valence-corrected chi connectivity index (χ3v) is 3.84. The van der Waals surface area contributed by atoms with Crippen LogP contribution in [0.2, 0.25) is 0 Å². The van der Waals surface area contributed by atoms with E-state index in [4.69, 9.17) is 5.11 Å². The van der Waals surface area contributed by atoms with Gasteiger partial charge in [0.05, 0.1) is 0 Å². The molecule has 0 bridgehead atoms. The molecule has 0 spiro atoms. The Morgan fingerprint density at radius 2 is 1.71 bits per heavy atom. The zero-order valence-corrected chi connectivity index (χ0v) is 12.8. The first-order chi connectivity index (χ1) is 10.2. The fraction of sp³-hybridized carbons (Fsp3) is 0.588. The van der Waals surface area contributed by atoms with Crippen molar-refractivity contribution in [2.75, 3.05) is 0 Å². The van der Waals surface area contributed by atoms with Gasteiger partial charge in [0.25, 0.3) is 0 Å². The highest BCUT2D eigenvalue weighted by Crippen LogP contribution is 2.15. The molecule has 0 saturated heterocycles. The molecule has 0 fully saturated rings. The van der Waals surface area contributed by atoms with E-state index in [9.17, 15) is 9.70 Å². The Kier molecular flexibility index (Phi) is 8.32. The van der Waals surface area contributed by atoms with Gasteiger partial charge in [0.2, 0.25) is 0 Å². The van der Waals surface area contributed by atoms with E-state index in [0.29, 0.717) is 6.42 Å². The average molecular weight is 291 g/mol. The number of carboxylic acid groups (broad SMARTS) is 1. The van der Waals surface area contributed by atoms with Gasteiger partial charge < -0.3 is 5.11 Å². The third kappa shape index (κ3) is 6.52. The van der Waals surface area contributed by atoms with Crippen LogP contribution in [0.5, 0.6) is 0 Å². The molecule has 0 aromatic heterocycles. The minimum absolute atomic E-state index is 0.359. The molecule has 1 aromatic rings. The monoisotopic (exact) mass is 291 g/mol. The van der Waals surface area contributed by atoms with Gasteiger partial charge in [0.1, 0.15) is 0 Å². The number of carboxylic acids is 1. The molecule has 0 amide bonds. The van der Waals surface area contributed by atoms with Gasteiger partial charge in [0, 0.05) is 0 Å².